The molecule has 0 aliphatic heterocycles. The second-order valence-electron chi connectivity index (χ2n) is 6.96. The van der Waals surface area contributed by atoms with E-state index in [2.05, 4.69) is 5.32 Å². The summed E-state index contributed by atoms with van der Waals surface area (Å²) in [5.74, 6) is 0.927. The smallest absolute Gasteiger partial charge is 0.247 e. The van der Waals surface area contributed by atoms with Crippen molar-refractivity contribution in [3.05, 3.63) is 42.5 Å². The average Bonchev–Trinajstić information content (AvgIpc) is 2.66. The first-order valence-electron chi connectivity index (χ1n) is 9.35. The normalized spacial score (nSPS) is 12.2. The highest BCUT2D eigenvalue weighted by Gasteiger charge is 2.30. The van der Waals surface area contributed by atoms with Gasteiger partial charge in [-0.25, -0.2) is 8.42 Å². The van der Waals surface area contributed by atoms with Crippen molar-refractivity contribution >= 4 is 27.3 Å². The Bertz CT molecular complexity index is 991. The molecule has 0 aliphatic rings. The number of nitrogens with one attached hydrogen (secondary N) is 1. The molecule has 0 radical (unpaired) electrons. The highest BCUT2D eigenvalue weighted by Crippen LogP contribution is 2.33. The molecule has 0 spiro atoms. The van der Waals surface area contributed by atoms with Gasteiger partial charge in [0, 0.05) is 17.8 Å². The Morgan fingerprint density at radius 2 is 1.67 bits per heavy atom. The quantitative estimate of drug-likeness (QED) is 0.648. The van der Waals surface area contributed by atoms with Crippen molar-refractivity contribution in [1.29, 1.82) is 0 Å². The summed E-state index contributed by atoms with van der Waals surface area (Å²) in [6.45, 7) is 5.32. The van der Waals surface area contributed by atoms with E-state index in [0.29, 0.717) is 22.9 Å². The summed E-state index contributed by atoms with van der Waals surface area (Å²) in [5, 5.41) is 2.75. The van der Waals surface area contributed by atoms with Crippen LogP contribution in [0.15, 0.2) is 42.5 Å². The second-order valence-corrected chi connectivity index (χ2v) is 8.82. The summed E-state index contributed by atoms with van der Waals surface area (Å²) in [4.78, 5) is 12.9. The van der Waals surface area contributed by atoms with Gasteiger partial charge in [0.05, 0.1) is 32.3 Å². The second kappa shape index (κ2) is 9.71. The molecule has 0 unspecified atom stereocenters. The van der Waals surface area contributed by atoms with E-state index >= 15 is 0 Å². The van der Waals surface area contributed by atoms with E-state index in [-0.39, 0.29) is 11.8 Å². The average molecular weight is 437 g/mol. The van der Waals surface area contributed by atoms with Gasteiger partial charge >= 0.3 is 0 Å². The van der Waals surface area contributed by atoms with E-state index in [4.69, 9.17) is 14.2 Å². The molecule has 2 rings (SSSR count). The van der Waals surface area contributed by atoms with Crippen LogP contribution in [-0.4, -0.2) is 46.9 Å². The number of benzene rings is 2. The zero-order chi connectivity index (χ0) is 22.5. The Labute approximate surface area is 177 Å². The fraction of sp³-hybridized carbons (Fsp3) is 0.381. The zero-order valence-corrected chi connectivity index (χ0v) is 18.8. The lowest BCUT2D eigenvalue weighted by Gasteiger charge is -2.28. The van der Waals surface area contributed by atoms with Crippen LogP contribution < -0.4 is 23.8 Å². The summed E-state index contributed by atoms with van der Waals surface area (Å²) in [6.07, 6.45) is 1.03. The predicted molar refractivity (Wildman–Crippen MR) is 117 cm³/mol. The van der Waals surface area contributed by atoms with Crippen LogP contribution >= 0.6 is 0 Å². The Kier molecular flexibility index (Phi) is 7.55. The maximum absolute atomic E-state index is 12.9. The number of hydrogen-bond donors (Lipinski definition) is 1. The molecule has 0 fully saturated rings. The first-order valence-corrected chi connectivity index (χ1v) is 11.2. The molecule has 1 N–H and O–H groups in total. The van der Waals surface area contributed by atoms with Crippen molar-refractivity contribution in [3.8, 4) is 17.2 Å². The van der Waals surface area contributed by atoms with Gasteiger partial charge in [-0.15, -0.1) is 0 Å². The predicted octanol–water partition coefficient (Wildman–Crippen LogP) is 3.28. The summed E-state index contributed by atoms with van der Waals surface area (Å²) in [5.41, 5.74) is 0.792. The molecule has 30 heavy (non-hydrogen) atoms. The molecule has 1 atom stereocenters. The van der Waals surface area contributed by atoms with Gasteiger partial charge in [-0.3, -0.25) is 9.10 Å². The Balaban J connectivity index is 2.32. The number of nitrogens with zero attached hydrogens (tertiary/aromatic N) is 1. The van der Waals surface area contributed by atoms with E-state index in [1.54, 1.807) is 36.4 Å². The monoisotopic (exact) mass is 436 g/mol. The zero-order valence-electron chi connectivity index (χ0n) is 18.0. The van der Waals surface area contributed by atoms with Crippen LogP contribution in [0.25, 0.3) is 0 Å². The molecule has 0 saturated carbocycles. The van der Waals surface area contributed by atoms with Crippen LogP contribution in [-0.2, 0) is 14.8 Å². The third-order valence-electron chi connectivity index (χ3n) is 4.18. The number of rotatable bonds is 9. The number of sulfonamides is 1. The van der Waals surface area contributed by atoms with Gasteiger partial charge in [-0.2, -0.15) is 0 Å². The van der Waals surface area contributed by atoms with Gasteiger partial charge in [-0.1, -0.05) is 6.07 Å². The van der Waals surface area contributed by atoms with Crippen LogP contribution in [0, 0.1) is 0 Å². The van der Waals surface area contributed by atoms with E-state index in [1.807, 2.05) is 13.8 Å². The van der Waals surface area contributed by atoms with Gasteiger partial charge in [-0.05, 0) is 45.0 Å². The number of anilines is 2. The minimum atomic E-state index is -3.77. The molecule has 2 aromatic carbocycles. The number of hydrogen-bond acceptors (Lipinski definition) is 6. The minimum Gasteiger partial charge on any atom is -0.493 e. The van der Waals surface area contributed by atoms with Crippen molar-refractivity contribution in [2.75, 3.05) is 30.1 Å². The Morgan fingerprint density at radius 3 is 2.23 bits per heavy atom. The van der Waals surface area contributed by atoms with Crippen molar-refractivity contribution in [3.63, 3.8) is 0 Å². The minimum absolute atomic E-state index is 0.0133. The van der Waals surface area contributed by atoms with E-state index < -0.39 is 22.0 Å². The molecule has 9 heteroatoms. The standard InChI is InChI=1S/C21H28N2O6S/c1-14(2)29-18-9-7-8-16(12-18)22-21(24)15(3)23(30(6,25)26)17-10-11-19(27-4)20(13-17)28-5/h7-15H,1-6H3,(H,22,24)/t15-/m0/s1. The van der Waals surface area contributed by atoms with Crippen LogP contribution in [0.2, 0.25) is 0 Å². The van der Waals surface area contributed by atoms with Crippen LogP contribution in [0.5, 0.6) is 17.2 Å². The van der Waals surface area contributed by atoms with Gasteiger partial charge in [0.25, 0.3) is 0 Å². The lowest BCUT2D eigenvalue weighted by Crippen LogP contribution is -2.45. The molecular formula is C21H28N2O6S. The lowest BCUT2D eigenvalue weighted by molar-refractivity contribution is -0.116. The largest absolute Gasteiger partial charge is 0.493 e. The van der Waals surface area contributed by atoms with Crippen molar-refractivity contribution in [2.24, 2.45) is 0 Å². The maximum atomic E-state index is 12.9. The fourth-order valence-electron chi connectivity index (χ4n) is 2.94. The van der Waals surface area contributed by atoms with E-state index in [9.17, 15) is 13.2 Å². The third kappa shape index (κ3) is 5.79. The topological polar surface area (TPSA) is 94.2 Å². The Hall–Kier alpha value is -2.94. The number of carbonyl (C=O) groups is 1. The summed E-state index contributed by atoms with van der Waals surface area (Å²) in [7, 11) is -0.833. The van der Waals surface area contributed by atoms with Crippen LogP contribution in [0.4, 0.5) is 11.4 Å². The lowest BCUT2D eigenvalue weighted by atomic mass is 10.2. The van der Waals surface area contributed by atoms with Gasteiger partial charge in [0.15, 0.2) is 11.5 Å². The summed E-state index contributed by atoms with van der Waals surface area (Å²) in [6, 6.07) is 10.6. The molecule has 0 aliphatic carbocycles. The number of amides is 1. The molecule has 0 heterocycles. The van der Waals surface area contributed by atoms with E-state index in [0.717, 1.165) is 10.6 Å². The van der Waals surface area contributed by atoms with Crippen molar-refractivity contribution in [1.82, 2.24) is 0 Å². The van der Waals surface area contributed by atoms with Crippen molar-refractivity contribution in [2.45, 2.75) is 32.9 Å². The third-order valence-corrected chi connectivity index (χ3v) is 5.43. The summed E-state index contributed by atoms with van der Waals surface area (Å²) < 4.78 is 42.2. The Morgan fingerprint density at radius 1 is 1.00 bits per heavy atom. The first kappa shape index (κ1) is 23.3. The number of ether oxygens (including phenoxy) is 3. The fourth-order valence-corrected chi connectivity index (χ4v) is 4.10. The molecule has 1 amide bonds. The van der Waals surface area contributed by atoms with Crippen LogP contribution in [0.1, 0.15) is 20.8 Å². The highest BCUT2D eigenvalue weighted by molar-refractivity contribution is 7.92. The summed E-state index contributed by atoms with van der Waals surface area (Å²) >= 11 is 0. The van der Waals surface area contributed by atoms with Gasteiger partial charge in [0.1, 0.15) is 11.8 Å². The van der Waals surface area contributed by atoms with Crippen molar-refractivity contribution < 1.29 is 27.4 Å². The van der Waals surface area contributed by atoms with Gasteiger partial charge in [0.2, 0.25) is 15.9 Å². The maximum Gasteiger partial charge on any atom is 0.247 e. The molecule has 2 aromatic rings. The molecule has 8 nitrogen and oxygen atoms in total. The van der Waals surface area contributed by atoms with Crippen LogP contribution in [0.3, 0.4) is 0 Å². The molecule has 164 valence electrons. The van der Waals surface area contributed by atoms with Gasteiger partial charge < -0.3 is 19.5 Å². The first-order chi connectivity index (χ1) is 14.1. The number of methoxy groups -OCH3 is 2. The molecule has 0 bridgehead atoms. The molecule has 0 saturated heterocycles. The molecular weight excluding hydrogens is 408 g/mol. The SMILES string of the molecule is COc1ccc(N([C@@H](C)C(=O)Nc2cccc(OC(C)C)c2)S(C)(=O)=O)cc1OC. The number of carbonyl (C=O) groups excluding carboxylic acids is 1. The molecule has 0 aromatic heterocycles. The van der Waals surface area contributed by atoms with E-state index in [1.165, 1.54) is 27.2 Å². The highest BCUT2D eigenvalue weighted by atomic mass is 32.2.